The highest BCUT2D eigenvalue weighted by atomic mass is 16.5. The summed E-state index contributed by atoms with van der Waals surface area (Å²) in [6.07, 6.45) is 4.20. The van der Waals surface area contributed by atoms with Gasteiger partial charge in [0.25, 0.3) is 0 Å². The fourth-order valence-corrected chi connectivity index (χ4v) is 5.40. The van der Waals surface area contributed by atoms with E-state index < -0.39 is 0 Å². The van der Waals surface area contributed by atoms with Crippen LogP contribution in [0.5, 0.6) is 28.7 Å². The number of benzene rings is 2. The van der Waals surface area contributed by atoms with Gasteiger partial charge in [-0.05, 0) is 49.4 Å². The Balaban J connectivity index is 1.97. The summed E-state index contributed by atoms with van der Waals surface area (Å²) in [4.78, 5) is 2.29. The number of hydrogen-bond donors (Lipinski definition) is 0. The van der Waals surface area contributed by atoms with E-state index in [0.29, 0.717) is 40.5 Å². The van der Waals surface area contributed by atoms with E-state index in [2.05, 4.69) is 11.0 Å². The molecule has 180 valence electrons. The number of methoxy groups -OCH3 is 5. The second-order valence-corrected chi connectivity index (χ2v) is 8.50. The molecule has 0 aromatic heterocycles. The number of nitriles is 1. The fourth-order valence-electron chi connectivity index (χ4n) is 5.40. The van der Waals surface area contributed by atoms with Crippen LogP contribution in [0, 0.1) is 11.3 Å². The number of nitrogens with zero attached hydrogens (tertiary/aromatic N) is 2. The van der Waals surface area contributed by atoms with E-state index in [9.17, 15) is 5.26 Å². The van der Waals surface area contributed by atoms with Crippen LogP contribution in [0.2, 0.25) is 0 Å². The van der Waals surface area contributed by atoms with E-state index in [0.717, 1.165) is 42.5 Å². The topological polar surface area (TPSA) is 73.2 Å². The van der Waals surface area contributed by atoms with Crippen LogP contribution in [-0.2, 0) is 0 Å². The SMILES string of the molecule is COc1ccc(C2=C(C#N)N3CCCC[C@@H]3C[C@@H]2c2ccc(OC)c(OC)c2OC)cc1OC. The summed E-state index contributed by atoms with van der Waals surface area (Å²) in [5, 5.41) is 10.4. The zero-order valence-corrected chi connectivity index (χ0v) is 20.5. The molecule has 2 aliphatic rings. The van der Waals surface area contributed by atoms with Crippen molar-refractivity contribution in [1.82, 2.24) is 4.90 Å². The van der Waals surface area contributed by atoms with Crippen molar-refractivity contribution in [3.05, 3.63) is 47.2 Å². The summed E-state index contributed by atoms with van der Waals surface area (Å²) in [7, 11) is 8.10. The van der Waals surface area contributed by atoms with Gasteiger partial charge in [0.05, 0.1) is 35.5 Å². The van der Waals surface area contributed by atoms with Crippen LogP contribution < -0.4 is 23.7 Å². The van der Waals surface area contributed by atoms with Crippen LogP contribution in [-0.4, -0.2) is 53.0 Å². The van der Waals surface area contributed by atoms with Crippen LogP contribution in [0.4, 0.5) is 0 Å². The molecule has 7 nitrogen and oxygen atoms in total. The fraction of sp³-hybridized carbons (Fsp3) is 0.444. The Morgan fingerprint density at radius 3 is 2.18 bits per heavy atom. The Hall–Kier alpha value is -3.53. The third kappa shape index (κ3) is 3.98. The Bertz CT molecular complexity index is 1120. The quantitative estimate of drug-likeness (QED) is 0.570. The second kappa shape index (κ2) is 10.2. The maximum absolute atomic E-state index is 10.4. The first-order chi connectivity index (χ1) is 16.6. The lowest BCUT2D eigenvalue weighted by atomic mass is 9.75. The van der Waals surface area contributed by atoms with E-state index in [-0.39, 0.29) is 5.92 Å². The first-order valence-corrected chi connectivity index (χ1v) is 11.5. The molecular formula is C27H32N2O5. The molecular weight excluding hydrogens is 432 g/mol. The average Bonchev–Trinajstić information content (AvgIpc) is 2.90. The number of rotatable bonds is 7. The van der Waals surface area contributed by atoms with Crippen molar-refractivity contribution < 1.29 is 23.7 Å². The molecule has 0 saturated carbocycles. The van der Waals surface area contributed by atoms with Crippen LogP contribution in [0.25, 0.3) is 5.57 Å². The molecule has 0 amide bonds. The molecule has 1 fully saturated rings. The van der Waals surface area contributed by atoms with Crippen molar-refractivity contribution in [1.29, 1.82) is 5.26 Å². The Morgan fingerprint density at radius 2 is 1.53 bits per heavy atom. The summed E-state index contributed by atoms with van der Waals surface area (Å²) < 4.78 is 28.1. The second-order valence-electron chi connectivity index (χ2n) is 8.50. The highest BCUT2D eigenvalue weighted by Gasteiger charge is 2.39. The average molecular weight is 465 g/mol. The molecule has 1 saturated heterocycles. The lowest BCUT2D eigenvalue weighted by Gasteiger charge is -2.45. The third-order valence-electron chi connectivity index (χ3n) is 6.94. The molecule has 0 aliphatic carbocycles. The van der Waals surface area contributed by atoms with Crippen molar-refractivity contribution in [3.63, 3.8) is 0 Å². The molecule has 4 rings (SSSR count). The van der Waals surface area contributed by atoms with E-state index >= 15 is 0 Å². The lowest BCUT2D eigenvalue weighted by molar-refractivity contribution is 0.177. The van der Waals surface area contributed by atoms with Crippen LogP contribution in [0.1, 0.15) is 42.7 Å². The van der Waals surface area contributed by atoms with E-state index in [1.54, 1.807) is 35.5 Å². The first kappa shape index (κ1) is 23.6. The maximum atomic E-state index is 10.4. The van der Waals surface area contributed by atoms with Gasteiger partial charge in [-0.25, -0.2) is 0 Å². The zero-order valence-electron chi connectivity index (χ0n) is 20.5. The van der Waals surface area contributed by atoms with Crippen molar-refractivity contribution in [2.45, 2.75) is 37.6 Å². The normalized spacial score (nSPS) is 19.7. The van der Waals surface area contributed by atoms with Gasteiger partial charge in [0, 0.05) is 29.6 Å². The molecule has 0 radical (unpaired) electrons. The molecule has 2 aromatic carbocycles. The van der Waals surface area contributed by atoms with Gasteiger partial charge < -0.3 is 28.6 Å². The van der Waals surface area contributed by atoms with Gasteiger partial charge in [0.2, 0.25) is 5.75 Å². The predicted octanol–water partition coefficient (Wildman–Crippen LogP) is 5.01. The van der Waals surface area contributed by atoms with Gasteiger partial charge in [-0.2, -0.15) is 5.26 Å². The van der Waals surface area contributed by atoms with Crippen molar-refractivity contribution in [2.24, 2.45) is 0 Å². The van der Waals surface area contributed by atoms with E-state index in [1.807, 2.05) is 30.3 Å². The number of fused-ring (bicyclic) bond motifs is 1. The summed E-state index contributed by atoms with van der Waals surface area (Å²) in [6, 6.07) is 12.6. The smallest absolute Gasteiger partial charge is 0.203 e. The van der Waals surface area contributed by atoms with E-state index in [1.165, 1.54) is 6.42 Å². The molecule has 0 N–H and O–H groups in total. The summed E-state index contributed by atoms with van der Waals surface area (Å²) in [5.41, 5.74) is 3.58. The number of ether oxygens (including phenoxy) is 5. The number of allylic oxidation sites excluding steroid dienone is 2. The molecule has 0 unspecified atom stereocenters. The van der Waals surface area contributed by atoms with Gasteiger partial charge >= 0.3 is 0 Å². The number of hydrogen-bond acceptors (Lipinski definition) is 7. The third-order valence-corrected chi connectivity index (χ3v) is 6.94. The molecule has 2 aromatic rings. The predicted molar refractivity (Wildman–Crippen MR) is 130 cm³/mol. The molecule has 0 spiro atoms. The number of piperidine rings is 1. The van der Waals surface area contributed by atoms with Crippen LogP contribution >= 0.6 is 0 Å². The first-order valence-electron chi connectivity index (χ1n) is 11.5. The van der Waals surface area contributed by atoms with Crippen molar-refractivity contribution in [2.75, 3.05) is 42.1 Å². The maximum Gasteiger partial charge on any atom is 0.203 e. The van der Waals surface area contributed by atoms with Gasteiger partial charge in [0.15, 0.2) is 23.0 Å². The van der Waals surface area contributed by atoms with Crippen molar-refractivity contribution >= 4 is 5.57 Å². The van der Waals surface area contributed by atoms with Crippen molar-refractivity contribution in [3.8, 4) is 34.8 Å². The monoisotopic (exact) mass is 464 g/mol. The van der Waals surface area contributed by atoms with Gasteiger partial charge in [-0.1, -0.05) is 12.1 Å². The zero-order chi connectivity index (χ0) is 24.2. The molecule has 2 atom stereocenters. The Labute approximate surface area is 201 Å². The minimum atomic E-state index is -0.0677. The Morgan fingerprint density at radius 1 is 0.824 bits per heavy atom. The molecule has 7 heteroatoms. The summed E-state index contributed by atoms with van der Waals surface area (Å²) in [5.74, 6) is 3.00. The van der Waals surface area contributed by atoms with Gasteiger partial charge in [-0.3, -0.25) is 0 Å². The van der Waals surface area contributed by atoms with E-state index in [4.69, 9.17) is 23.7 Å². The largest absolute Gasteiger partial charge is 0.493 e. The molecule has 2 heterocycles. The molecule has 34 heavy (non-hydrogen) atoms. The minimum Gasteiger partial charge on any atom is -0.493 e. The molecule has 0 bridgehead atoms. The summed E-state index contributed by atoms with van der Waals surface area (Å²) >= 11 is 0. The van der Waals surface area contributed by atoms with Crippen LogP contribution in [0.3, 0.4) is 0 Å². The van der Waals surface area contributed by atoms with Crippen LogP contribution in [0.15, 0.2) is 36.0 Å². The lowest BCUT2D eigenvalue weighted by Crippen LogP contribution is -2.43. The highest BCUT2D eigenvalue weighted by Crippen LogP contribution is 2.52. The van der Waals surface area contributed by atoms with Gasteiger partial charge in [0.1, 0.15) is 11.8 Å². The standard InChI is InChI=1S/C27H32N2O5/c1-30-22-11-9-17(14-24(22)32-3)25-20(15-18-8-6-7-13-29(18)21(25)16-28)19-10-12-23(31-2)27(34-5)26(19)33-4/h9-12,14,18,20H,6-8,13,15H2,1-5H3/t18-,20-/m1/s1. The Kier molecular flexibility index (Phi) is 7.06. The minimum absolute atomic E-state index is 0.0677. The highest BCUT2D eigenvalue weighted by molar-refractivity contribution is 5.80. The molecule has 2 aliphatic heterocycles. The summed E-state index contributed by atoms with van der Waals surface area (Å²) in [6.45, 7) is 0.889. The van der Waals surface area contributed by atoms with Gasteiger partial charge in [-0.15, -0.1) is 0 Å².